The molecule has 0 amide bonds. The summed E-state index contributed by atoms with van der Waals surface area (Å²) in [6, 6.07) is 7.22. The molecule has 20 heavy (non-hydrogen) atoms. The molecule has 0 spiro atoms. The Morgan fingerprint density at radius 2 is 2.20 bits per heavy atom. The van der Waals surface area contributed by atoms with E-state index in [2.05, 4.69) is 44.3 Å². The summed E-state index contributed by atoms with van der Waals surface area (Å²) in [6.07, 6.45) is 6.06. The molecule has 2 rings (SSSR count). The van der Waals surface area contributed by atoms with Gasteiger partial charge in [0.1, 0.15) is 5.75 Å². The van der Waals surface area contributed by atoms with Gasteiger partial charge in [-0.05, 0) is 67.8 Å². The van der Waals surface area contributed by atoms with E-state index in [0.29, 0.717) is 12.0 Å². The maximum absolute atomic E-state index is 5.88. The Kier molecular flexibility index (Phi) is 5.90. The molecule has 0 aromatic heterocycles. The molecular weight excluding hydrogens is 246 g/mol. The van der Waals surface area contributed by atoms with Gasteiger partial charge in [0.15, 0.2) is 0 Å². The third kappa shape index (κ3) is 4.24. The van der Waals surface area contributed by atoms with Gasteiger partial charge in [-0.2, -0.15) is 0 Å². The molecule has 112 valence electrons. The summed E-state index contributed by atoms with van der Waals surface area (Å²) >= 11 is 0. The molecule has 0 saturated carbocycles. The Bertz CT molecular complexity index is 414. The minimum Gasteiger partial charge on any atom is -0.494 e. The maximum atomic E-state index is 5.88. The van der Waals surface area contributed by atoms with Gasteiger partial charge in [-0.15, -0.1) is 0 Å². The minimum atomic E-state index is 0.545. The van der Waals surface area contributed by atoms with Crippen LogP contribution in [0, 0.1) is 5.92 Å². The van der Waals surface area contributed by atoms with Crippen molar-refractivity contribution in [3.05, 3.63) is 29.3 Å². The van der Waals surface area contributed by atoms with E-state index in [9.17, 15) is 0 Å². The molecule has 0 fully saturated rings. The van der Waals surface area contributed by atoms with Crippen molar-refractivity contribution in [2.24, 2.45) is 5.92 Å². The lowest BCUT2D eigenvalue weighted by atomic mass is 9.87. The molecule has 2 heteroatoms. The first-order valence-corrected chi connectivity index (χ1v) is 8.19. The third-order valence-electron chi connectivity index (χ3n) is 4.03. The van der Waals surface area contributed by atoms with Crippen molar-refractivity contribution in [3.8, 4) is 5.75 Å². The van der Waals surface area contributed by atoms with Gasteiger partial charge in [0.25, 0.3) is 0 Å². The first kappa shape index (κ1) is 15.4. The number of hydrogen-bond donors (Lipinski definition) is 1. The Morgan fingerprint density at radius 3 is 2.95 bits per heavy atom. The molecule has 1 N–H and O–H groups in total. The van der Waals surface area contributed by atoms with Crippen LogP contribution in [0.5, 0.6) is 5.75 Å². The van der Waals surface area contributed by atoms with Crippen molar-refractivity contribution < 1.29 is 4.74 Å². The number of rotatable bonds is 7. The highest BCUT2D eigenvalue weighted by Gasteiger charge is 2.19. The molecule has 0 bridgehead atoms. The van der Waals surface area contributed by atoms with Crippen LogP contribution in [-0.4, -0.2) is 13.2 Å². The second-order valence-electron chi connectivity index (χ2n) is 6.29. The van der Waals surface area contributed by atoms with E-state index in [4.69, 9.17) is 4.74 Å². The highest BCUT2D eigenvalue weighted by molar-refractivity contribution is 5.39. The monoisotopic (exact) mass is 275 g/mol. The fourth-order valence-electron chi connectivity index (χ4n) is 2.82. The van der Waals surface area contributed by atoms with Crippen molar-refractivity contribution >= 4 is 0 Å². The van der Waals surface area contributed by atoms with Crippen molar-refractivity contribution in [2.75, 3.05) is 13.2 Å². The van der Waals surface area contributed by atoms with E-state index in [0.717, 1.165) is 25.3 Å². The first-order valence-electron chi connectivity index (χ1n) is 8.19. The molecule has 0 aliphatic heterocycles. The predicted molar refractivity (Wildman–Crippen MR) is 85.4 cm³/mol. The quantitative estimate of drug-likeness (QED) is 0.791. The van der Waals surface area contributed by atoms with Crippen LogP contribution in [0.25, 0.3) is 0 Å². The zero-order valence-corrected chi connectivity index (χ0v) is 13.2. The summed E-state index contributed by atoms with van der Waals surface area (Å²) in [7, 11) is 0. The van der Waals surface area contributed by atoms with Crippen LogP contribution < -0.4 is 10.1 Å². The van der Waals surface area contributed by atoms with Crippen LogP contribution >= 0.6 is 0 Å². The van der Waals surface area contributed by atoms with Crippen LogP contribution in [0.3, 0.4) is 0 Å². The number of aryl methyl sites for hydroxylation is 1. The van der Waals surface area contributed by atoms with Gasteiger partial charge in [-0.1, -0.05) is 26.8 Å². The number of nitrogens with one attached hydrogen (secondary N) is 1. The van der Waals surface area contributed by atoms with Crippen LogP contribution in [0.1, 0.15) is 63.6 Å². The average molecular weight is 275 g/mol. The van der Waals surface area contributed by atoms with Crippen molar-refractivity contribution in [1.82, 2.24) is 5.32 Å². The van der Waals surface area contributed by atoms with Crippen molar-refractivity contribution in [3.63, 3.8) is 0 Å². The van der Waals surface area contributed by atoms with Gasteiger partial charge in [0, 0.05) is 6.04 Å². The largest absolute Gasteiger partial charge is 0.494 e. The number of fused-ring (bicyclic) bond motifs is 1. The fraction of sp³-hybridized carbons (Fsp3) is 0.667. The molecule has 1 aliphatic carbocycles. The van der Waals surface area contributed by atoms with Gasteiger partial charge in [0.2, 0.25) is 0 Å². The topological polar surface area (TPSA) is 21.3 Å². The summed E-state index contributed by atoms with van der Waals surface area (Å²) < 4.78 is 5.88. The van der Waals surface area contributed by atoms with E-state index >= 15 is 0 Å². The van der Waals surface area contributed by atoms with Crippen LogP contribution in [0.4, 0.5) is 0 Å². The first-order chi connectivity index (χ1) is 9.70. The van der Waals surface area contributed by atoms with E-state index < -0.39 is 0 Å². The Labute approximate surface area is 123 Å². The van der Waals surface area contributed by atoms with E-state index in [1.165, 1.54) is 36.8 Å². The Hall–Kier alpha value is -1.02. The van der Waals surface area contributed by atoms with Gasteiger partial charge in [-0.3, -0.25) is 0 Å². The second-order valence-corrected chi connectivity index (χ2v) is 6.29. The molecule has 0 heterocycles. The number of hydrogen-bond acceptors (Lipinski definition) is 2. The molecule has 2 nitrogen and oxygen atoms in total. The molecule has 1 aromatic carbocycles. The van der Waals surface area contributed by atoms with Gasteiger partial charge in [0.05, 0.1) is 6.61 Å². The van der Waals surface area contributed by atoms with E-state index in [-0.39, 0.29) is 0 Å². The molecule has 0 saturated heterocycles. The van der Waals surface area contributed by atoms with Crippen LogP contribution in [-0.2, 0) is 6.42 Å². The van der Waals surface area contributed by atoms with Crippen molar-refractivity contribution in [2.45, 2.75) is 58.9 Å². The Balaban J connectivity index is 1.99. The second kappa shape index (κ2) is 7.68. The number of ether oxygens (including phenoxy) is 1. The standard InChI is InChI=1S/C18H29NO/c1-4-11-19-18-7-5-6-15-13-16(8-9-17(15)18)20-12-10-14(2)3/h8-9,13-14,18-19H,4-7,10-12H2,1-3H3. The molecule has 0 radical (unpaired) electrons. The fourth-order valence-corrected chi connectivity index (χ4v) is 2.82. The molecule has 1 aliphatic rings. The lowest BCUT2D eigenvalue weighted by Crippen LogP contribution is -2.25. The maximum Gasteiger partial charge on any atom is 0.119 e. The smallest absolute Gasteiger partial charge is 0.119 e. The summed E-state index contributed by atoms with van der Waals surface area (Å²) in [4.78, 5) is 0. The Morgan fingerprint density at radius 1 is 1.35 bits per heavy atom. The van der Waals surface area contributed by atoms with E-state index in [1.807, 2.05) is 0 Å². The normalized spacial score (nSPS) is 18.1. The summed E-state index contributed by atoms with van der Waals surface area (Å²) in [5.41, 5.74) is 2.97. The minimum absolute atomic E-state index is 0.545. The molecular formula is C18H29NO. The molecule has 1 aromatic rings. The third-order valence-corrected chi connectivity index (χ3v) is 4.03. The lowest BCUT2D eigenvalue weighted by Gasteiger charge is -2.27. The van der Waals surface area contributed by atoms with Crippen LogP contribution in [0.15, 0.2) is 18.2 Å². The van der Waals surface area contributed by atoms with Crippen molar-refractivity contribution in [1.29, 1.82) is 0 Å². The molecule has 1 atom stereocenters. The zero-order chi connectivity index (χ0) is 14.4. The average Bonchev–Trinajstić information content (AvgIpc) is 2.44. The lowest BCUT2D eigenvalue weighted by molar-refractivity contribution is 0.289. The van der Waals surface area contributed by atoms with Gasteiger partial charge in [-0.25, -0.2) is 0 Å². The van der Waals surface area contributed by atoms with Gasteiger partial charge >= 0.3 is 0 Å². The number of benzene rings is 1. The zero-order valence-electron chi connectivity index (χ0n) is 13.2. The highest BCUT2D eigenvalue weighted by atomic mass is 16.5. The molecule has 1 unspecified atom stereocenters. The van der Waals surface area contributed by atoms with Gasteiger partial charge < -0.3 is 10.1 Å². The SMILES string of the molecule is CCCNC1CCCc2cc(OCCC(C)C)ccc21. The summed E-state index contributed by atoms with van der Waals surface area (Å²) in [5.74, 6) is 1.75. The van der Waals surface area contributed by atoms with Crippen LogP contribution in [0.2, 0.25) is 0 Å². The highest BCUT2D eigenvalue weighted by Crippen LogP contribution is 2.32. The predicted octanol–water partition coefficient (Wildman–Crippen LogP) is 4.49. The summed E-state index contributed by atoms with van der Waals surface area (Å²) in [6.45, 7) is 8.63. The summed E-state index contributed by atoms with van der Waals surface area (Å²) in [5, 5.41) is 3.66. The van der Waals surface area contributed by atoms with E-state index in [1.54, 1.807) is 0 Å².